The largest absolute Gasteiger partial charge is 0.380 e. The number of thiophene rings is 1. The molecule has 2 aromatic rings. The first-order chi connectivity index (χ1) is 9.58. The number of carbonyl (C=O) groups excluding carboxylic acids is 1. The molecule has 0 aliphatic carbocycles. The van der Waals surface area contributed by atoms with Crippen molar-refractivity contribution in [3.63, 3.8) is 0 Å². The fourth-order valence-electron chi connectivity index (χ4n) is 1.83. The molecule has 0 aliphatic heterocycles. The molecule has 0 unspecified atom stereocenters. The molecule has 1 aromatic carbocycles. The molecule has 1 heterocycles. The van der Waals surface area contributed by atoms with Crippen molar-refractivity contribution < 1.29 is 4.79 Å². The molecule has 1 aromatic heterocycles. The molecule has 0 radical (unpaired) electrons. The second-order valence-corrected chi connectivity index (χ2v) is 5.61. The van der Waals surface area contributed by atoms with Crippen LogP contribution < -0.4 is 10.6 Å². The van der Waals surface area contributed by atoms with Gasteiger partial charge in [-0.1, -0.05) is 0 Å². The second-order valence-electron chi connectivity index (χ2n) is 4.44. The van der Waals surface area contributed by atoms with Crippen molar-refractivity contribution in [2.24, 2.45) is 0 Å². The zero-order valence-corrected chi connectivity index (χ0v) is 12.2. The van der Waals surface area contributed by atoms with Gasteiger partial charge in [-0.25, -0.2) is 0 Å². The van der Waals surface area contributed by atoms with Crippen LogP contribution in [0.5, 0.6) is 0 Å². The van der Waals surface area contributed by atoms with E-state index in [9.17, 15) is 4.79 Å². The van der Waals surface area contributed by atoms with Gasteiger partial charge >= 0.3 is 0 Å². The molecule has 2 rings (SSSR count). The lowest BCUT2D eigenvalue weighted by molar-refractivity contribution is -0.114. The summed E-state index contributed by atoms with van der Waals surface area (Å²) in [7, 11) is 0. The van der Waals surface area contributed by atoms with Gasteiger partial charge in [0.1, 0.15) is 10.9 Å². The minimum absolute atomic E-state index is 0.0728. The van der Waals surface area contributed by atoms with E-state index >= 15 is 0 Å². The van der Waals surface area contributed by atoms with Crippen LogP contribution in [-0.2, 0) is 11.3 Å². The first kappa shape index (κ1) is 14.1. The Morgan fingerprint density at radius 3 is 2.75 bits per heavy atom. The highest BCUT2D eigenvalue weighted by atomic mass is 32.1. The van der Waals surface area contributed by atoms with Gasteiger partial charge in [-0.15, -0.1) is 11.3 Å². The SMILES string of the molecule is CC(=O)Nc1ccc(NCc2ccc(C#N)s2)cc1C. The molecule has 1 amide bonds. The van der Waals surface area contributed by atoms with Gasteiger partial charge in [0.25, 0.3) is 0 Å². The van der Waals surface area contributed by atoms with E-state index in [-0.39, 0.29) is 5.91 Å². The number of nitrogens with zero attached hydrogens (tertiary/aromatic N) is 1. The van der Waals surface area contributed by atoms with Crippen molar-refractivity contribution in [3.8, 4) is 6.07 Å². The maximum Gasteiger partial charge on any atom is 0.221 e. The Kier molecular flexibility index (Phi) is 4.38. The highest BCUT2D eigenvalue weighted by Crippen LogP contribution is 2.21. The lowest BCUT2D eigenvalue weighted by atomic mass is 10.1. The Bertz CT molecular complexity index is 670. The van der Waals surface area contributed by atoms with Crippen LogP contribution in [0.25, 0.3) is 0 Å². The smallest absolute Gasteiger partial charge is 0.221 e. The average Bonchev–Trinajstić information content (AvgIpc) is 2.87. The molecule has 20 heavy (non-hydrogen) atoms. The molecule has 4 nitrogen and oxygen atoms in total. The molecule has 5 heteroatoms. The molecule has 2 N–H and O–H groups in total. The number of benzene rings is 1. The number of anilines is 2. The van der Waals surface area contributed by atoms with Crippen molar-refractivity contribution in [2.45, 2.75) is 20.4 Å². The Morgan fingerprint density at radius 1 is 1.35 bits per heavy atom. The molecular weight excluding hydrogens is 270 g/mol. The molecular formula is C15H15N3OS. The summed E-state index contributed by atoms with van der Waals surface area (Å²) in [5, 5.41) is 14.9. The molecule has 102 valence electrons. The number of amides is 1. The van der Waals surface area contributed by atoms with Gasteiger partial charge in [0.05, 0.1) is 0 Å². The van der Waals surface area contributed by atoms with Crippen molar-refractivity contribution >= 4 is 28.6 Å². The summed E-state index contributed by atoms with van der Waals surface area (Å²) in [4.78, 5) is 12.9. The van der Waals surface area contributed by atoms with E-state index in [1.807, 2.05) is 37.3 Å². The first-order valence-electron chi connectivity index (χ1n) is 6.19. The Morgan fingerprint density at radius 2 is 2.15 bits per heavy atom. The van der Waals surface area contributed by atoms with Crippen molar-refractivity contribution in [1.29, 1.82) is 5.26 Å². The van der Waals surface area contributed by atoms with Gasteiger partial charge in [-0.3, -0.25) is 4.79 Å². The summed E-state index contributed by atoms with van der Waals surface area (Å²) in [5.41, 5.74) is 2.82. The normalized spacial score (nSPS) is 9.85. The fourth-order valence-corrected chi connectivity index (χ4v) is 2.57. The van der Waals surface area contributed by atoms with Crippen LogP contribution in [0.2, 0.25) is 0 Å². The van der Waals surface area contributed by atoms with Crippen LogP contribution in [-0.4, -0.2) is 5.91 Å². The highest BCUT2D eigenvalue weighted by molar-refractivity contribution is 7.12. The highest BCUT2D eigenvalue weighted by Gasteiger charge is 2.03. The number of rotatable bonds is 4. The number of hydrogen-bond acceptors (Lipinski definition) is 4. The minimum Gasteiger partial charge on any atom is -0.380 e. The number of hydrogen-bond donors (Lipinski definition) is 2. The molecule has 0 fully saturated rings. The maximum absolute atomic E-state index is 11.0. The summed E-state index contributed by atoms with van der Waals surface area (Å²) in [6.07, 6.45) is 0. The van der Waals surface area contributed by atoms with Gasteiger partial charge in [0, 0.05) is 29.7 Å². The zero-order valence-electron chi connectivity index (χ0n) is 11.4. The summed E-state index contributed by atoms with van der Waals surface area (Å²) >= 11 is 1.49. The third-order valence-electron chi connectivity index (χ3n) is 2.78. The van der Waals surface area contributed by atoms with Gasteiger partial charge in [0.15, 0.2) is 0 Å². The van der Waals surface area contributed by atoms with E-state index in [1.165, 1.54) is 18.3 Å². The zero-order chi connectivity index (χ0) is 14.5. The predicted molar refractivity (Wildman–Crippen MR) is 81.8 cm³/mol. The summed E-state index contributed by atoms with van der Waals surface area (Å²) < 4.78 is 0. The summed E-state index contributed by atoms with van der Waals surface area (Å²) in [5.74, 6) is -0.0728. The first-order valence-corrected chi connectivity index (χ1v) is 7.01. The number of nitrogens with one attached hydrogen (secondary N) is 2. The van der Waals surface area contributed by atoms with E-state index < -0.39 is 0 Å². The van der Waals surface area contributed by atoms with E-state index in [2.05, 4.69) is 16.7 Å². The fraction of sp³-hybridized carbons (Fsp3) is 0.200. The molecule has 0 saturated heterocycles. The lowest BCUT2D eigenvalue weighted by Gasteiger charge is -2.10. The van der Waals surface area contributed by atoms with Gasteiger partial charge in [-0.05, 0) is 42.8 Å². The average molecular weight is 285 g/mol. The number of nitriles is 1. The van der Waals surface area contributed by atoms with E-state index in [0.29, 0.717) is 6.54 Å². The molecule has 0 saturated carbocycles. The molecule has 0 bridgehead atoms. The number of carbonyl (C=O) groups is 1. The van der Waals surface area contributed by atoms with Gasteiger partial charge in [-0.2, -0.15) is 5.26 Å². The quantitative estimate of drug-likeness (QED) is 0.903. The van der Waals surface area contributed by atoms with Crippen LogP contribution in [0, 0.1) is 18.3 Å². The Labute approximate surface area is 122 Å². The van der Waals surface area contributed by atoms with Crippen molar-refractivity contribution in [1.82, 2.24) is 0 Å². The topological polar surface area (TPSA) is 64.9 Å². The molecule has 0 atom stereocenters. The van der Waals surface area contributed by atoms with E-state index in [0.717, 1.165) is 26.7 Å². The summed E-state index contributed by atoms with van der Waals surface area (Å²) in [6.45, 7) is 4.13. The predicted octanol–water partition coefficient (Wildman–Crippen LogP) is 3.50. The maximum atomic E-state index is 11.0. The van der Waals surface area contributed by atoms with Crippen molar-refractivity contribution in [3.05, 3.63) is 45.6 Å². The molecule has 0 spiro atoms. The standard InChI is InChI=1S/C15H15N3OS/c1-10-7-12(3-6-15(10)18-11(2)19)17-9-14-5-4-13(8-16)20-14/h3-7,17H,9H2,1-2H3,(H,18,19). The minimum atomic E-state index is -0.0728. The third kappa shape index (κ3) is 3.59. The van der Waals surface area contributed by atoms with E-state index in [4.69, 9.17) is 5.26 Å². The van der Waals surface area contributed by atoms with Gasteiger partial charge < -0.3 is 10.6 Å². The van der Waals surface area contributed by atoms with E-state index in [1.54, 1.807) is 0 Å². The third-order valence-corrected chi connectivity index (χ3v) is 3.77. The van der Waals surface area contributed by atoms with Crippen LogP contribution in [0.4, 0.5) is 11.4 Å². The van der Waals surface area contributed by atoms with Crippen LogP contribution in [0.15, 0.2) is 30.3 Å². The second kappa shape index (κ2) is 6.22. The number of aryl methyl sites for hydroxylation is 1. The Hall–Kier alpha value is -2.32. The van der Waals surface area contributed by atoms with Crippen molar-refractivity contribution in [2.75, 3.05) is 10.6 Å². The molecule has 0 aliphatic rings. The van der Waals surface area contributed by atoms with Crippen LogP contribution in [0.1, 0.15) is 22.2 Å². The van der Waals surface area contributed by atoms with Crippen LogP contribution >= 0.6 is 11.3 Å². The Balaban J connectivity index is 2.01. The summed E-state index contributed by atoms with van der Waals surface area (Å²) in [6, 6.07) is 11.7. The monoisotopic (exact) mass is 285 g/mol. The van der Waals surface area contributed by atoms with Gasteiger partial charge in [0.2, 0.25) is 5.91 Å². The van der Waals surface area contributed by atoms with Crippen LogP contribution in [0.3, 0.4) is 0 Å². The lowest BCUT2D eigenvalue weighted by Crippen LogP contribution is -2.07.